The van der Waals surface area contributed by atoms with Crippen molar-refractivity contribution in [3.63, 3.8) is 0 Å². The molecule has 35 heavy (non-hydrogen) atoms. The van der Waals surface area contributed by atoms with Gasteiger partial charge in [0.25, 0.3) is 0 Å². The lowest BCUT2D eigenvalue weighted by atomic mass is 10.0. The molecular formula is C29H28N2O4. The number of fused-ring (bicyclic) bond motifs is 1. The molecule has 0 spiro atoms. The molecule has 0 amide bonds. The molecule has 6 nitrogen and oxygen atoms in total. The van der Waals surface area contributed by atoms with E-state index in [9.17, 15) is 9.59 Å². The van der Waals surface area contributed by atoms with E-state index in [1.54, 1.807) is 30.3 Å². The Labute approximate surface area is 204 Å². The number of anilines is 2. The maximum absolute atomic E-state index is 13.0. The average molecular weight is 469 g/mol. The first-order valence-corrected chi connectivity index (χ1v) is 11.3. The number of benzene rings is 3. The molecule has 0 saturated carbocycles. The van der Waals surface area contributed by atoms with Crippen LogP contribution in [-0.4, -0.2) is 34.2 Å². The minimum absolute atomic E-state index is 0.0591. The summed E-state index contributed by atoms with van der Waals surface area (Å²) in [6, 6.07) is 22.4. The molecule has 0 aliphatic carbocycles. The smallest absolute Gasteiger partial charge is 0.343 e. The van der Waals surface area contributed by atoms with Crippen molar-refractivity contribution in [2.45, 2.75) is 6.61 Å². The topological polar surface area (TPSA) is 63.0 Å². The molecule has 4 aromatic rings. The molecule has 0 atom stereocenters. The fraction of sp³-hybridized carbons (Fsp3) is 0.172. The maximum Gasteiger partial charge on any atom is 0.343 e. The minimum Gasteiger partial charge on any atom is -0.457 e. The van der Waals surface area contributed by atoms with Crippen molar-refractivity contribution in [1.82, 2.24) is 0 Å². The number of carbonyl (C=O) groups is 1. The van der Waals surface area contributed by atoms with Gasteiger partial charge in [0.15, 0.2) is 0 Å². The summed E-state index contributed by atoms with van der Waals surface area (Å²) in [5, 5.41) is 0.721. The second-order valence-corrected chi connectivity index (χ2v) is 8.62. The quantitative estimate of drug-likeness (QED) is 0.265. The van der Waals surface area contributed by atoms with Gasteiger partial charge in [-0.3, -0.25) is 0 Å². The third kappa shape index (κ3) is 5.44. The van der Waals surface area contributed by atoms with Gasteiger partial charge in [-0.05, 0) is 48.0 Å². The van der Waals surface area contributed by atoms with Gasteiger partial charge in [0.05, 0.1) is 11.1 Å². The molecule has 0 bridgehead atoms. The zero-order chi connectivity index (χ0) is 24.9. The second kappa shape index (κ2) is 10.3. The van der Waals surface area contributed by atoms with E-state index >= 15 is 0 Å². The van der Waals surface area contributed by atoms with E-state index in [1.807, 2.05) is 92.6 Å². The fourth-order valence-corrected chi connectivity index (χ4v) is 3.73. The van der Waals surface area contributed by atoms with Crippen LogP contribution in [0.5, 0.6) is 0 Å². The lowest BCUT2D eigenvalue weighted by Crippen LogP contribution is -2.13. The van der Waals surface area contributed by atoms with Crippen LogP contribution in [0.4, 0.5) is 11.4 Å². The van der Waals surface area contributed by atoms with Gasteiger partial charge in [0, 0.05) is 56.6 Å². The van der Waals surface area contributed by atoms with Gasteiger partial charge in [0.2, 0.25) is 0 Å². The molecule has 0 unspecified atom stereocenters. The number of carbonyl (C=O) groups excluding carboxylic acids is 1. The molecule has 0 fully saturated rings. The van der Waals surface area contributed by atoms with E-state index in [1.165, 1.54) is 0 Å². The minimum atomic E-state index is -0.486. The molecule has 1 heterocycles. The molecule has 0 N–H and O–H groups in total. The van der Waals surface area contributed by atoms with Crippen molar-refractivity contribution in [2.75, 3.05) is 38.0 Å². The van der Waals surface area contributed by atoms with Gasteiger partial charge < -0.3 is 19.0 Å². The monoisotopic (exact) mass is 468 g/mol. The standard InChI is InChI=1S/C29H28N2O4/c1-30(2)22-13-10-20(11-14-22)12-16-25-26(19-34-28(32)21-8-6-5-7-9-21)24-17-15-23(31(3)4)18-27(24)35-29(25)33/h5-18H,19H2,1-4H3/b16-12+. The summed E-state index contributed by atoms with van der Waals surface area (Å²) in [5.74, 6) is -0.453. The van der Waals surface area contributed by atoms with Gasteiger partial charge in [-0.1, -0.05) is 36.4 Å². The van der Waals surface area contributed by atoms with Crippen LogP contribution in [0, 0.1) is 0 Å². The number of hydrogen-bond donors (Lipinski definition) is 0. The van der Waals surface area contributed by atoms with Crippen molar-refractivity contribution in [3.05, 3.63) is 105 Å². The summed E-state index contributed by atoms with van der Waals surface area (Å²) >= 11 is 0. The summed E-state index contributed by atoms with van der Waals surface area (Å²) in [6.07, 6.45) is 3.58. The molecule has 6 heteroatoms. The average Bonchev–Trinajstić information content (AvgIpc) is 2.86. The van der Waals surface area contributed by atoms with Crippen LogP contribution in [0.2, 0.25) is 0 Å². The van der Waals surface area contributed by atoms with Crippen molar-refractivity contribution >= 4 is 40.5 Å². The Hall–Kier alpha value is -4.32. The number of hydrogen-bond acceptors (Lipinski definition) is 6. The van der Waals surface area contributed by atoms with Crippen molar-refractivity contribution in [3.8, 4) is 0 Å². The lowest BCUT2D eigenvalue weighted by Gasteiger charge is -2.15. The van der Waals surface area contributed by atoms with E-state index in [0.717, 1.165) is 22.3 Å². The van der Waals surface area contributed by atoms with Gasteiger partial charge >= 0.3 is 11.6 Å². The Morgan fingerprint density at radius 1 is 0.857 bits per heavy atom. The molecule has 3 aromatic carbocycles. The second-order valence-electron chi connectivity index (χ2n) is 8.62. The predicted octanol–water partition coefficient (Wildman–Crippen LogP) is 5.45. The van der Waals surface area contributed by atoms with Gasteiger partial charge in [-0.15, -0.1) is 0 Å². The Morgan fingerprint density at radius 3 is 2.17 bits per heavy atom. The summed E-state index contributed by atoms with van der Waals surface area (Å²) in [5.41, 5.74) is 4.28. The van der Waals surface area contributed by atoms with Crippen LogP contribution in [0.1, 0.15) is 27.0 Å². The first kappa shape index (κ1) is 23.8. The zero-order valence-electron chi connectivity index (χ0n) is 20.3. The molecule has 0 aliphatic heterocycles. The Kier molecular flexibility index (Phi) is 7.01. The maximum atomic E-state index is 13.0. The van der Waals surface area contributed by atoms with Crippen LogP contribution < -0.4 is 15.4 Å². The van der Waals surface area contributed by atoms with Crippen molar-refractivity contribution in [2.24, 2.45) is 0 Å². The first-order valence-electron chi connectivity index (χ1n) is 11.3. The van der Waals surface area contributed by atoms with Crippen LogP contribution in [0.15, 0.2) is 82.0 Å². The number of nitrogens with zero attached hydrogens (tertiary/aromatic N) is 2. The highest BCUT2D eigenvalue weighted by Gasteiger charge is 2.16. The van der Waals surface area contributed by atoms with Gasteiger partial charge in [0.1, 0.15) is 12.2 Å². The highest BCUT2D eigenvalue weighted by molar-refractivity contribution is 5.90. The Balaban J connectivity index is 1.74. The Morgan fingerprint density at radius 2 is 1.51 bits per heavy atom. The summed E-state index contributed by atoms with van der Waals surface area (Å²) in [4.78, 5) is 29.6. The molecule has 0 radical (unpaired) electrons. The van der Waals surface area contributed by atoms with Crippen LogP contribution in [-0.2, 0) is 11.3 Å². The van der Waals surface area contributed by atoms with Crippen LogP contribution >= 0.6 is 0 Å². The van der Waals surface area contributed by atoms with E-state index in [-0.39, 0.29) is 6.61 Å². The normalized spacial score (nSPS) is 11.1. The SMILES string of the molecule is CN(C)c1ccc(/C=C/c2c(COC(=O)c3ccccc3)c3ccc(N(C)C)cc3oc2=O)cc1. The molecule has 4 rings (SSSR count). The highest BCUT2D eigenvalue weighted by atomic mass is 16.5. The Bertz CT molecular complexity index is 1420. The summed E-state index contributed by atoms with van der Waals surface area (Å²) in [7, 11) is 7.80. The van der Waals surface area contributed by atoms with Crippen LogP contribution in [0.25, 0.3) is 23.1 Å². The highest BCUT2D eigenvalue weighted by Crippen LogP contribution is 2.27. The fourth-order valence-electron chi connectivity index (χ4n) is 3.73. The van der Waals surface area contributed by atoms with Gasteiger partial charge in [-0.25, -0.2) is 9.59 Å². The third-order valence-electron chi connectivity index (χ3n) is 5.76. The number of ether oxygens (including phenoxy) is 1. The zero-order valence-corrected chi connectivity index (χ0v) is 20.3. The van der Waals surface area contributed by atoms with Crippen molar-refractivity contribution in [1.29, 1.82) is 0 Å². The molecule has 178 valence electrons. The largest absolute Gasteiger partial charge is 0.457 e. The number of rotatable bonds is 7. The van der Waals surface area contributed by atoms with Crippen molar-refractivity contribution < 1.29 is 13.9 Å². The molecule has 0 aliphatic rings. The number of esters is 1. The predicted molar refractivity (Wildman–Crippen MR) is 142 cm³/mol. The summed E-state index contributed by atoms with van der Waals surface area (Å²) < 4.78 is 11.3. The van der Waals surface area contributed by atoms with E-state index in [4.69, 9.17) is 9.15 Å². The third-order valence-corrected chi connectivity index (χ3v) is 5.76. The lowest BCUT2D eigenvalue weighted by molar-refractivity contribution is 0.0473. The van der Waals surface area contributed by atoms with E-state index in [2.05, 4.69) is 0 Å². The molecule has 1 aromatic heterocycles. The molecule has 0 saturated heterocycles. The van der Waals surface area contributed by atoms with E-state index in [0.29, 0.717) is 22.3 Å². The first-order chi connectivity index (χ1) is 16.8. The van der Waals surface area contributed by atoms with Crippen LogP contribution in [0.3, 0.4) is 0 Å². The summed E-state index contributed by atoms with van der Waals surface area (Å²) in [6.45, 7) is -0.0591. The van der Waals surface area contributed by atoms with E-state index < -0.39 is 11.6 Å². The molecular weight excluding hydrogens is 440 g/mol. The van der Waals surface area contributed by atoms with Gasteiger partial charge in [-0.2, -0.15) is 0 Å².